The molecular formula is C16H20O4. The number of aliphatic hydroxyl groups excluding tert-OH is 2. The number of ether oxygens (including phenoxy) is 2. The predicted octanol–water partition coefficient (Wildman–Crippen LogP) is 2.62. The summed E-state index contributed by atoms with van der Waals surface area (Å²) in [6, 6.07) is 7.70. The molecule has 0 spiro atoms. The van der Waals surface area contributed by atoms with Crippen LogP contribution in [0.2, 0.25) is 0 Å². The molecule has 0 fully saturated rings. The third-order valence-electron chi connectivity index (χ3n) is 3.22. The lowest BCUT2D eigenvalue weighted by Gasteiger charge is -2.20. The first-order chi connectivity index (χ1) is 9.78. The summed E-state index contributed by atoms with van der Waals surface area (Å²) in [4.78, 5) is 0. The molecule has 0 aliphatic rings. The van der Waals surface area contributed by atoms with Crippen LogP contribution in [0.15, 0.2) is 24.3 Å². The number of benzene rings is 2. The van der Waals surface area contributed by atoms with Crippen LogP contribution in [0.1, 0.15) is 25.0 Å². The summed E-state index contributed by atoms with van der Waals surface area (Å²) in [5.41, 5.74) is 1.19. The second-order valence-corrected chi connectivity index (χ2v) is 4.34. The monoisotopic (exact) mass is 276 g/mol. The van der Waals surface area contributed by atoms with E-state index in [1.165, 1.54) is 0 Å². The van der Waals surface area contributed by atoms with Gasteiger partial charge in [-0.15, -0.1) is 0 Å². The van der Waals surface area contributed by atoms with E-state index < -0.39 is 0 Å². The van der Waals surface area contributed by atoms with Gasteiger partial charge in [-0.3, -0.25) is 0 Å². The molecule has 0 radical (unpaired) electrons. The Kier molecular flexibility index (Phi) is 4.82. The highest BCUT2D eigenvalue weighted by Crippen LogP contribution is 2.41. The highest BCUT2D eigenvalue weighted by Gasteiger charge is 2.20. The zero-order valence-electron chi connectivity index (χ0n) is 11.8. The fourth-order valence-corrected chi connectivity index (χ4v) is 2.43. The lowest BCUT2D eigenvalue weighted by molar-refractivity contribution is 0.242. The summed E-state index contributed by atoms with van der Waals surface area (Å²) in [5, 5.41) is 21.1. The van der Waals surface area contributed by atoms with E-state index in [1.807, 2.05) is 38.1 Å². The third kappa shape index (κ3) is 2.44. The molecule has 20 heavy (non-hydrogen) atoms. The van der Waals surface area contributed by atoms with E-state index in [9.17, 15) is 10.2 Å². The normalized spacial score (nSPS) is 10.8. The van der Waals surface area contributed by atoms with Crippen molar-refractivity contribution in [3.63, 3.8) is 0 Å². The molecular weight excluding hydrogens is 256 g/mol. The van der Waals surface area contributed by atoms with Gasteiger partial charge in [0.05, 0.1) is 26.4 Å². The van der Waals surface area contributed by atoms with Gasteiger partial charge in [-0.05, 0) is 13.8 Å². The first kappa shape index (κ1) is 14.6. The first-order valence-electron chi connectivity index (χ1n) is 6.82. The van der Waals surface area contributed by atoms with Crippen LogP contribution >= 0.6 is 0 Å². The van der Waals surface area contributed by atoms with Crippen molar-refractivity contribution in [2.24, 2.45) is 0 Å². The molecule has 108 valence electrons. The van der Waals surface area contributed by atoms with Crippen molar-refractivity contribution in [1.82, 2.24) is 0 Å². The Morgan fingerprint density at radius 2 is 1.20 bits per heavy atom. The van der Waals surface area contributed by atoms with E-state index in [0.717, 1.165) is 10.8 Å². The molecule has 0 amide bonds. The minimum Gasteiger partial charge on any atom is -0.493 e. The van der Waals surface area contributed by atoms with Gasteiger partial charge in [0.2, 0.25) is 0 Å². The summed E-state index contributed by atoms with van der Waals surface area (Å²) in [6.07, 6.45) is 0. The van der Waals surface area contributed by atoms with Crippen molar-refractivity contribution in [1.29, 1.82) is 0 Å². The highest BCUT2D eigenvalue weighted by atomic mass is 16.5. The first-order valence-corrected chi connectivity index (χ1v) is 6.82. The van der Waals surface area contributed by atoms with E-state index in [2.05, 4.69) is 0 Å². The molecule has 0 heterocycles. The minimum absolute atomic E-state index is 0.198. The molecule has 4 nitrogen and oxygen atoms in total. The van der Waals surface area contributed by atoms with Crippen molar-refractivity contribution in [2.75, 3.05) is 13.2 Å². The fourth-order valence-electron chi connectivity index (χ4n) is 2.43. The van der Waals surface area contributed by atoms with E-state index in [4.69, 9.17) is 9.47 Å². The van der Waals surface area contributed by atoms with Crippen LogP contribution in [0.5, 0.6) is 11.5 Å². The van der Waals surface area contributed by atoms with Gasteiger partial charge < -0.3 is 19.7 Å². The van der Waals surface area contributed by atoms with Crippen molar-refractivity contribution in [2.45, 2.75) is 27.1 Å². The van der Waals surface area contributed by atoms with Crippen LogP contribution in [0, 0.1) is 0 Å². The maximum Gasteiger partial charge on any atom is 0.133 e. The Morgan fingerprint density at radius 1 is 0.800 bits per heavy atom. The topological polar surface area (TPSA) is 58.9 Å². The van der Waals surface area contributed by atoms with Crippen molar-refractivity contribution in [3.8, 4) is 11.5 Å². The number of hydrogen-bond acceptors (Lipinski definition) is 4. The SMILES string of the molecule is CCOc1c(CO)c(CO)c(OCC)c2ccccc12. The van der Waals surface area contributed by atoms with Crippen LogP contribution in [-0.4, -0.2) is 23.4 Å². The lowest BCUT2D eigenvalue weighted by atomic mass is 9.98. The molecule has 4 heteroatoms. The lowest BCUT2D eigenvalue weighted by Crippen LogP contribution is -2.06. The van der Waals surface area contributed by atoms with E-state index in [-0.39, 0.29) is 13.2 Å². The molecule has 2 aromatic rings. The molecule has 2 N–H and O–H groups in total. The molecule has 0 atom stereocenters. The predicted molar refractivity (Wildman–Crippen MR) is 78.1 cm³/mol. The summed E-state index contributed by atoms with van der Waals surface area (Å²) < 4.78 is 11.4. The van der Waals surface area contributed by atoms with Crippen LogP contribution in [0.25, 0.3) is 10.8 Å². The summed E-state index contributed by atoms with van der Waals surface area (Å²) >= 11 is 0. The molecule has 0 saturated heterocycles. The van der Waals surface area contributed by atoms with Crippen LogP contribution in [0.3, 0.4) is 0 Å². The number of aliphatic hydroxyl groups is 2. The molecule has 0 aliphatic heterocycles. The summed E-state index contributed by atoms with van der Waals surface area (Å²) in [7, 11) is 0. The molecule has 0 bridgehead atoms. The average Bonchev–Trinajstić information content (AvgIpc) is 2.49. The van der Waals surface area contributed by atoms with E-state index >= 15 is 0 Å². The summed E-state index contributed by atoms with van der Waals surface area (Å²) in [6.45, 7) is 4.38. The van der Waals surface area contributed by atoms with Gasteiger partial charge in [0.25, 0.3) is 0 Å². The van der Waals surface area contributed by atoms with Crippen molar-refractivity contribution >= 4 is 10.8 Å². The third-order valence-corrected chi connectivity index (χ3v) is 3.22. The van der Waals surface area contributed by atoms with Crippen LogP contribution in [0.4, 0.5) is 0 Å². The Hall–Kier alpha value is -1.78. The average molecular weight is 276 g/mol. The molecule has 2 aromatic carbocycles. The Balaban J connectivity index is 2.85. The smallest absolute Gasteiger partial charge is 0.133 e. The highest BCUT2D eigenvalue weighted by molar-refractivity contribution is 5.96. The van der Waals surface area contributed by atoms with E-state index in [1.54, 1.807) is 0 Å². The van der Waals surface area contributed by atoms with Crippen molar-refractivity contribution in [3.05, 3.63) is 35.4 Å². The van der Waals surface area contributed by atoms with Crippen LogP contribution in [-0.2, 0) is 13.2 Å². The second-order valence-electron chi connectivity index (χ2n) is 4.34. The molecule has 0 saturated carbocycles. The zero-order valence-corrected chi connectivity index (χ0v) is 11.8. The van der Waals surface area contributed by atoms with E-state index in [0.29, 0.717) is 35.8 Å². The second kappa shape index (κ2) is 6.59. The minimum atomic E-state index is -0.198. The Morgan fingerprint density at radius 3 is 1.50 bits per heavy atom. The number of rotatable bonds is 6. The Labute approximate surface area is 118 Å². The van der Waals surface area contributed by atoms with Gasteiger partial charge >= 0.3 is 0 Å². The fraction of sp³-hybridized carbons (Fsp3) is 0.375. The van der Waals surface area contributed by atoms with Gasteiger partial charge in [0.15, 0.2) is 0 Å². The molecule has 0 aromatic heterocycles. The van der Waals surface area contributed by atoms with Gasteiger partial charge in [-0.2, -0.15) is 0 Å². The van der Waals surface area contributed by atoms with Crippen LogP contribution < -0.4 is 9.47 Å². The maximum absolute atomic E-state index is 9.66. The standard InChI is InChI=1S/C16H20O4/c1-3-19-15-11-7-5-6-8-12(11)16(20-4-2)14(10-18)13(15)9-17/h5-8,17-18H,3-4,9-10H2,1-2H3. The Bertz CT molecular complexity index is 540. The van der Waals surface area contributed by atoms with Gasteiger partial charge in [0, 0.05) is 21.9 Å². The van der Waals surface area contributed by atoms with Gasteiger partial charge in [-0.1, -0.05) is 24.3 Å². The van der Waals surface area contributed by atoms with Gasteiger partial charge in [-0.25, -0.2) is 0 Å². The van der Waals surface area contributed by atoms with Crippen molar-refractivity contribution < 1.29 is 19.7 Å². The molecule has 2 rings (SSSR count). The quantitative estimate of drug-likeness (QED) is 0.851. The number of hydrogen-bond donors (Lipinski definition) is 2. The largest absolute Gasteiger partial charge is 0.493 e. The van der Waals surface area contributed by atoms with Gasteiger partial charge in [0.1, 0.15) is 11.5 Å². The summed E-state index contributed by atoms with van der Waals surface area (Å²) in [5.74, 6) is 1.25. The molecule has 0 aliphatic carbocycles. The number of fused-ring (bicyclic) bond motifs is 1. The maximum atomic E-state index is 9.66. The zero-order chi connectivity index (χ0) is 14.5. The molecule has 0 unspecified atom stereocenters.